The van der Waals surface area contributed by atoms with Crippen LogP contribution in [-0.4, -0.2) is 15.0 Å². The minimum absolute atomic E-state index is 0.607. The van der Waals surface area contributed by atoms with Crippen molar-refractivity contribution in [3.05, 3.63) is 152 Å². The molecular weight excluding hydrogens is 526 g/mol. The molecule has 0 fully saturated rings. The molecule has 0 saturated heterocycles. The Balaban J connectivity index is 1.33. The summed E-state index contributed by atoms with van der Waals surface area (Å²) in [5, 5.41) is 2.04. The number of rotatable bonds is 5. The Morgan fingerprint density at radius 3 is 1.65 bits per heavy atom. The van der Waals surface area contributed by atoms with Crippen molar-refractivity contribution in [2.24, 2.45) is 0 Å². The van der Waals surface area contributed by atoms with Gasteiger partial charge in [0.05, 0.1) is 0 Å². The standard InChI is InChI=1S/C39H25N3O/c1-3-13-26(14-4-1)30-19-7-8-20-31(30)28-17-11-18-29(25-28)38-40-37(27-15-5-2-6-16-27)41-39(42-38)33-22-12-24-35-36(33)32-21-9-10-23-34(32)43-35/h1-25H. The van der Waals surface area contributed by atoms with Crippen LogP contribution in [0.2, 0.25) is 0 Å². The Labute approximate surface area is 249 Å². The van der Waals surface area contributed by atoms with E-state index in [-0.39, 0.29) is 0 Å². The van der Waals surface area contributed by atoms with Crippen molar-refractivity contribution in [1.82, 2.24) is 15.0 Å². The van der Waals surface area contributed by atoms with Crippen LogP contribution < -0.4 is 0 Å². The van der Waals surface area contributed by atoms with Crippen LogP contribution in [-0.2, 0) is 0 Å². The first kappa shape index (κ1) is 24.9. The molecule has 0 aliphatic rings. The predicted octanol–water partition coefficient (Wildman–Crippen LogP) is 10.1. The molecule has 8 aromatic rings. The van der Waals surface area contributed by atoms with Gasteiger partial charge in [-0.15, -0.1) is 0 Å². The van der Waals surface area contributed by atoms with Crippen molar-refractivity contribution in [3.8, 4) is 56.4 Å². The fraction of sp³-hybridized carbons (Fsp3) is 0. The highest BCUT2D eigenvalue weighted by Gasteiger charge is 2.18. The van der Waals surface area contributed by atoms with E-state index in [1.807, 2.05) is 66.7 Å². The summed E-state index contributed by atoms with van der Waals surface area (Å²) >= 11 is 0. The molecule has 2 heterocycles. The lowest BCUT2D eigenvalue weighted by atomic mass is 9.94. The van der Waals surface area contributed by atoms with Crippen LogP contribution in [0.5, 0.6) is 0 Å². The fourth-order valence-electron chi connectivity index (χ4n) is 5.73. The molecule has 0 amide bonds. The average molecular weight is 552 g/mol. The minimum atomic E-state index is 0.607. The van der Waals surface area contributed by atoms with E-state index in [9.17, 15) is 0 Å². The molecule has 6 aromatic carbocycles. The van der Waals surface area contributed by atoms with Gasteiger partial charge in [-0.3, -0.25) is 0 Å². The van der Waals surface area contributed by atoms with Gasteiger partial charge in [-0.1, -0.05) is 133 Å². The second kappa shape index (κ2) is 10.5. The molecule has 0 spiro atoms. The van der Waals surface area contributed by atoms with Crippen LogP contribution in [0.25, 0.3) is 78.4 Å². The summed E-state index contributed by atoms with van der Waals surface area (Å²) < 4.78 is 6.19. The topological polar surface area (TPSA) is 51.8 Å². The van der Waals surface area contributed by atoms with Crippen molar-refractivity contribution < 1.29 is 4.42 Å². The van der Waals surface area contributed by atoms with E-state index in [1.54, 1.807) is 0 Å². The second-order valence-corrected chi connectivity index (χ2v) is 10.4. The Morgan fingerprint density at radius 1 is 0.349 bits per heavy atom. The highest BCUT2D eigenvalue weighted by atomic mass is 16.3. The second-order valence-electron chi connectivity index (χ2n) is 10.4. The Kier molecular flexibility index (Phi) is 6.08. The Morgan fingerprint density at radius 2 is 0.860 bits per heavy atom. The van der Waals surface area contributed by atoms with Crippen LogP contribution in [0.15, 0.2) is 156 Å². The predicted molar refractivity (Wildman–Crippen MR) is 174 cm³/mol. The van der Waals surface area contributed by atoms with Crippen molar-refractivity contribution in [3.63, 3.8) is 0 Å². The van der Waals surface area contributed by atoms with E-state index >= 15 is 0 Å². The molecule has 0 unspecified atom stereocenters. The molecule has 0 aliphatic heterocycles. The third kappa shape index (κ3) is 4.55. The number of aromatic nitrogens is 3. The number of nitrogens with zero attached hydrogens (tertiary/aromatic N) is 3. The molecule has 0 bridgehead atoms. The fourth-order valence-corrected chi connectivity index (χ4v) is 5.73. The van der Waals surface area contributed by atoms with Gasteiger partial charge in [-0.2, -0.15) is 0 Å². The van der Waals surface area contributed by atoms with Gasteiger partial charge in [0.15, 0.2) is 17.5 Å². The van der Waals surface area contributed by atoms with E-state index in [0.29, 0.717) is 17.5 Å². The van der Waals surface area contributed by atoms with E-state index in [2.05, 4.69) is 84.9 Å². The number of benzene rings is 6. The van der Waals surface area contributed by atoms with Crippen molar-refractivity contribution in [1.29, 1.82) is 0 Å². The summed E-state index contributed by atoms with van der Waals surface area (Å²) in [6.07, 6.45) is 0. The molecule has 4 nitrogen and oxygen atoms in total. The van der Waals surface area contributed by atoms with E-state index < -0.39 is 0 Å². The first-order chi connectivity index (χ1) is 21.3. The summed E-state index contributed by atoms with van der Waals surface area (Å²) in [6.45, 7) is 0. The normalized spacial score (nSPS) is 11.3. The van der Waals surface area contributed by atoms with Crippen LogP contribution >= 0.6 is 0 Å². The SMILES string of the molecule is c1ccc(-c2nc(-c3cccc(-c4ccccc4-c4ccccc4)c3)nc(-c3cccc4oc5ccccc5c34)n2)cc1. The minimum Gasteiger partial charge on any atom is -0.456 e. The van der Waals surface area contributed by atoms with E-state index in [4.69, 9.17) is 19.4 Å². The first-order valence-corrected chi connectivity index (χ1v) is 14.3. The lowest BCUT2D eigenvalue weighted by molar-refractivity contribution is 0.669. The maximum Gasteiger partial charge on any atom is 0.164 e. The lowest BCUT2D eigenvalue weighted by Gasteiger charge is -2.12. The van der Waals surface area contributed by atoms with Crippen molar-refractivity contribution >= 4 is 21.9 Å². The third-order valence-corrected chi connectivity index (χ3v) is 7.75. The van der Waals surface area contributed by atoms with Gasteiger partial charge in [0, 0.05) is 27.5 Å². The number of hydrogen-bond donors (Lipinski definition) is 0. The highest BCUT2D eigenvalue weighted by Crippen LogP contribution is 2.37. The molecule has 43 heavy (non-hydrogen) atoms. The first-order valence-electron chi connectivity index (χ1n) is 14.3. The van der Waals surface area contributed by atoms with Gasteiger partial charge >= 0.3 is 0 Å². The van der Waals surface area contributed by atoms with Gasteiger partial charge in [-0.05, 0) is 40.5 Å². The average Bonchev–Trinajstić information content (AvgIpc) is 3.48. The van der Waals surface area contributed by atoms with Crippen LogP contribution in [0.1, 0.15) is 0 Å². The zero-order chi connectivity index (χ0) is 28.6. The zero-order valence-electron chi connectivity index (χ0n) is 23.2. The molecule has 202 valence electrons. The van der Waals surface area contributed by atoms with Crippen LogP contribution in [0, 0.1) is 0 Å². The zero-order valence-corrected chi connectivity index (χ0v) is 23.2. The summed E-state index contributed by atoms with van der Waals surface area (Å²) in [5.41, 5.74) is 9.03. The summed E-state index contributed by atoms with van der Waals surface area (Å²) in [4.78, 5) is 15.1. The molecule has 0 radical (unpaired) electrons. The number of fused-ring (bicyclic) bond motifs is 3. The van der Waals surface area contributed by atoms with Gasteiger partial charge in [0.25, 0.3) is 0 Å². The molecule has 2 aromatic heterocycles. The van der Waals surface area contributed by atoms with Crippen molar-refractivity contribution in [2.75, 3.05) is 0 Å². The molecule has 0 saturated carbocycles. The van der Waals surface area contributed by atoms with E-state index in [1.165, 1.54) is 11.1 Å². The largest absolute Gasteiger partial charge is 0.456 e. The quantitative estimate of drug-likeness (QED) is 0.214. The number of furan rings is 1. The van der Waals surface area contributed by atoms with Crippen molar-refractivity contribution in [2.45, 2.75) is 0 Å². The molecule has 0 N–H and O–H groups in total. The maximum absolute atomic E-state index is 6.19. The van der Waals surface area contributed by atoms with Gasteiger partial charge in [0.1, 0.15) is 11.2 Å². The molecule has 0 aliphatic carbocycles. The van der Waals surface area contributed by atoms with Crippen LogP contribution in [0.3, 0.4) is 0 Å². The van der Waals surface area contributed by atoms with E-state index in [0.717, 1.165) is 49.8 Å². The summed E-state index contributed by atoms with van der Waals surface area (Å²) in [5.74, 6) is 1.85. The van der Waals surface area contributed by atoms with Gasteiger partial charge in [-0.25, -0.2) is 15.0 Å². The lowest BCUT2D eigenvalue weighted by Crippen LogP contribution is -2.00. The monoisotopic (exact) mass is 551 g/mol. The smallest absolute Gasteiger partial charge is 0.164 e. The molecular formula is C39H25N3O. The maximum atomic E-state index is 6.19. The van der Waals surface area contributed by atoms with Gasteiger partial charge < -0.3 is 4.42 Å². The third-order valence-electron chi connectivity index (χ3n) is 7.75. The Bertz CT molecular complexity index is 2240. The highest BCUT2D eigenvalue weighted by molar-refractivity contribution is 6.11. The molecule has 8 rings (SSSR count). The molecule has 4 heteroatoms. The molecule has 0 atom stereocenters. The number of hydrogen-bond acceptors (Lipinski definition) is 4. The van der Waals surface area contributed by atoms with Gasteiger partial charge in [0.2, 0.25) is 0 Å². The van der Waals surface area contributed by atoms with Crippen LogP contribution in [0.4, 0.5) is 0 Å². The summed E-state index contributed by atoms with van der Waals surface area (Å²) in [7, 11) is 0. The number of para-hydroxylation sites is 1. The Hall–Kier alpha value is -5.87. The summed E-state index contributed by atoms with van der Waals surface area (Å²) in [6, 6.07) is 51.6.